The molecule has 110 valence electrons. The van der Waals surface area contributed by atoms with E-state index in [1.54, 1.807) is 30.3 Å². The van der Waals surface area contributed by atoms with Gasteiger partial charge in [-0.2, -0.15) is 0 Å². The molecule has 0 fully saturated rings. The maximum atomic E-state index is 12.0. The Balaban J connectivity index is 2.09. The quantitative estimate of drug-likeness (QED) is 0.790. The van der Waals surface area contributed by atoms with Crippen LogP contribution in [0.5, 0.6) is 5.88 Å². The number of aliphatic hydroxyl groups excluding tert-OH is 1. The van der Waals surface area contributed by atoms with Crippen LogP contribution in [0.1, 0.15) is 5.56 Å². The fraction of sp³-hybridized carbons (Fsp3) is 0.143. The van der Waals surface area contributed by atoms with Gasteiger partial charge in [0.2, 0.25) is 5.88 Å². The number of aliphatic hydroxyl groups is 1. The third-order valence-electron chi connectivity index (χ3n) is 2.69. The van der Waals surface area contributed by atoms with E-state index < -0.39 is 6.03 Å². The van der Waals surface area contributed by atoms with E-state index in [4.69, 9.17) is 4.74 Å². The predicted octanol–water partition coefficient (Wildman–Crippen LogP) is 2.99. The minimum atomic E-state index is -0.420. The minimum Gasteiger partial charge on any atom is -0.481 e. The van der Waals surface area contributed by atoms with Crippen molar-refractivity contribution in [3.8, 4) is 5.88 Å². The van der Waals surface area contributed by atoms with E-state index in [-0.39, 0.29) is 6.61 Å². The van der Waals surface area contributed by atoms with Crippen LogP contribution < -0.4 is 15.4 Å². The number of amides is 2. The summed E-state index contributed by atoms with van der Waals surface area (Å²) in [5.74, 6) is 0.409. The van der Waals surface area contributed by atoms with E-state index in [0.717, 1.165) is 4.47 Å². The van der Waals surface area contributed by atoms with E-state index in [2.05, 4.69) is 31.5 Å². The lowest BCUT2D eigenvalue weighted by Gasteiger charge is -2.11. The Kier molecular flexibility index (Phi) is 5.13. The first kappa shape index (κ1) is 15.3. The van der Waals surface area contributed by atoms with Crippen LogP contribution in [0.2, 0.25) is 0 Å². The van der Waals surface area contributed by atoms with Crippen molar-refractivity contribution in [3.05, 3.63) is 46.6 Å². The second-order valence-corrected chi connectivity index (χ2v) is 5.04. The number of benzene rings is 1. The normalized spacial score (nSPS) is 10.0. The van der Waals surface area contributed by atoms with Crippen molar-refractivity contribution >= 4 is 33.3 Å². The summed E-state index contributed by atoms with van der Waals surface area (Å²) in [5.41, 5.74) is 1.71. The number of aromatic nitrogens is 1. The Morgan fingerprint density at radius 3 is 2.86 bits per heavy atom. The largest absolute Gasteiger partial charge is 0.481 e. The average Bonchev–Trinajstić information content (AvgIpc) is 2.47. The van der Waals surface area contributed by atoms with E-state index in [1.807, 2.05) is 0 Å². The minimum absolute atomic E-state index is 0.161. The lowest BCUT2D eigenvalue weighted by molar-refractivity contribution is 0.262. The standard InChI is InChI=1S/C14H14BrN3O3/c1-21-13-7-11(4-5-16-13)17-14(20)18-12-6-10(15)3-2-9(12)8-19/h2-7,19H,8H2,1H3,(H2,16,17,18,20). The predicted molar refractivity (Wildman–Crippen MR) is 83.5 cm³/mol. The molecule has 3 N–H and O–H groups in total. The molecule has 21 heavy (non-hydrogen) atoms. The number of hydrogen-bond acceptors (Lipinski definition) is 4. The molecule has 6 nitrogen and oxygen atoms in total. The Labute approximate surface area is 130 Å². The van der Waals surface area contributed by atoms with Crippen molar-refractivity contribution in [1.29, 1.82) is 0 Å². The summed E-state index contributed by atoms with van der Waals surface area (Å²) in [6.45, 7) is -0.161. The van der Waals surface area contributed by atoms with Crippen LogP contribution in [0.3, 0.4) is 0 Å². The van der Waals surface area contributed by atoms with Crippen molar-refractivity contribution in [2.45, 2.75) is 6.61 Å². The maximum Gasteiger partial charge on any atom is 0.323 e. The monoisotopic (exact) mass is 351 g/mol. The molecule has 0 aliphatic carbocycles. The molecule has 1 heterocycles. The molecule has 0 saturated heterocycles. The summed E-state index contributed by atoms with van der Waals surface area (Å²) < 4.78 is 5.79. The van der Waals surface area contributed by atoms with Gasteiger partial charge in [0.25, 0.3) is 0 Å². The Morgan fingerprint density at radius 1 is 1.33 bits per heavy atom. The van der Waals surface area contributed by atoms with Crippen LogP contribution in [0.4, 0.5) is 16.2 Å². The van der Waals surface area contributed by atoms with Crippen LogP contribution in [0, 0.1) is 0 Å². The number of hydrogen-bond donors (Lipinski definition) is 3. The van der Waals surface area contributed by atoms with E-state index in [9.17, 15) is 9.90 Å². The van der Waals surface area contributed by atoms with Gasteiger partial charge in [0.1, 0.15) is 0 Å². The highest BCUT2D eigenvalue weighted by Crippen LogP contribution is 2.22. The van der Waals surface area contributed by atoms with Gasteiger partial charge in [-0.05, 0) is 18.2 Å². The van der Waals surface area contributed by atoms with Crippen LogP contribution >= 0.6 is 15.9 Å². The number of rotatable bonds is 4. The molecule has 1 aromatic heterocycles. The summed E-state index contributed by atoms with van der Waals surface area (Å²) in [6.07, 6.45) is 1.53. The van der Waals surface area contributed by atoms with Gasteiger partial charge in [0.05, 0.1) is 13.7 Å². The third-order valence-corrected chi connectivity index (χ3v) is 3.19. The van der Waals surface area contributed by atoms with Gasteiger partial charge in [0, 0.05) is 33.7 Å². The molecule has 0 radical (unpaired) electrons. The molecule has 2 amide bonds. The average molecular weight is 352 g/mol. The Hall–Kier alpha value is -2.12. The van der Waals surface area contributed by atoms with Gasteiger partial charge in [-0.15, -0.1) is 0 Å². The summed E-state index contributed by atoms with van der Waals surface area (Å²) in [7, 11) is 1.50. The smallest absolute Gasteiger partial charge is 0.323 e. The number of urea groups is 1. The van der Waals surface area contributed by atoms with Crippen LogP contribution in [0.25, 0.3) is 0 Å². The highest BCUT2D eigenvalue weighted by molar-refractivity contribution is 9.10. The molecule has 0 atom stereocenters. The van der Waals surface area contributed by atoms with Crippen molar-refractivity contribution in [2.24, 2.45) is 0 Å². The number of ether oxygens (including phenoxy) is 1. The molecule has 7 heteroatoms. The first-order valence-electron chi connectivity index (χ1n) is 6.09. The summed E-state index contributed by atoms with van der Waals surface area (Å²) in [4.78, 5) is 15.9. The molecule has 0 aliphatic heterocycles. The summed E-state index contributed by atoms with van der Waals surface area (Å²) in [5, 5.41) is 14.6. The number of nitrogens with one attached hydrogen (secondary N) is 2. The van der Waals surface area contributed by atoms with E-state index in [1.165, 1.54) is 13.3 Å². The van der Waals surface area contributed by atoms with E-state index in [0.29, 0.717) is 22.8 Å². The van der Waals surface area contributed by atoms with Crippen molar-refractivity contribution in [1.82, 2.24) is 4.98 Å². The zero-order valence-electron chi connectivity index (χ0n) is 11.3. The lowest BCUT2D eigenvalue weighted by Crippen LogP contribution is -2.20. The first-order valence-corrected chi connectivity index (χ1v) is 6.89. The second-order valence-electron chi connectivity index (χ2n) is 4.13. The topological polar surface area (TPSA) is 83.5 Å². The van der Waals surface area contributed by atoms with Crippen molar-refractivity contribution in [3.63, 3.8) is 0 Å². The number of methoxy groups -OCH3 is 1. The number of carbonyl (C=O) groups is 1. The fourth-order valence-corrected chi connectivity index (χ4v) is 2.05. The van der Waals surface area contributed by atoms with Gasteiger partial charge in [-0.25, -0.2) is 9.78 Å². The van der Waals surface area contributed by atoms with Gasteiger partial charge in [0.15, 0.2) is 0 Å². The first-order chi connectivity index (χ1) is 10.1. The number of nitrogens with zero attached hydrogens (tertiary/aromatic N) is 1. The molecule has 0 spiro atoms. The molecule has 0 aliphatic rings. The molecule has 1 aromatic carbocycles. The zero-order chi connectivity index (χ0) is 15.2. The second kappa shape index (κ2) is 7.05. The molecular formula is C14H14BrN3O3. The van der Waals surface area contributed by atoms with E-state index >= 15 is 0 Å². The number of anilines is 2. The Morgan fingerprint density at radius 2 is 2.14 bits per heavy atom. The maximum absolute atomic E-state index is 12.0. The van der Waals surface area contributed by atoms with Gasteiger partial charge < -0.3 is 20.5 Å². The molecule has 0 saturated carbocycles. The Bertz CT molecular complexity index is 649. The van der Waals surface area contributed by atoms with Crippen LogP contribution in [-0.4, -0.2) is 23.2 Å². The summed E-state index contributed by atoms with van der Waals surface area (Å²) in [6, 6.07) is 8.08. The summed E-state index contributed by atoms with van der Waals surface area (Å²) >= 11 is 3.32. The fourth-order valence-electron chi connectivity index (χ4n) is 1.69. The number of halogens is 1. The van der Waals surface area contributed by atoms with Crippen molar-refractivity contribution in [2.75, 3.05) is 17.7 Å². The molecule has 0 bridgehead atoms. The molecule has 0 unspecified atom stereocenters. The van der Waals surface area contributed by atoms with Crippen molar-refractivity contribution < 1.29 is 14.6 Å². The molecule has 2 aromatic rings. The third kappa shape index (κ3) is 4.17. The lowest BCUT2D eigenvalue weighted by atomic mass is 10.2. The molecule has 2 rings (SSSR count). The van der Waals surface area contributed by atoms with Crippen LogP contribution in [-0.2, 0) is 6.61 Å². The highest BCUT2D eigenvalue weighted by Gasteiger charge is 2.08. The molecular weight excluding hydrogens is 338 g/mol. The van der Waals surface area contributed by atoms with Gasteiger partial charge in [-0.1, -0.05) is 22.0 Å². The van der Waals surface area contributed by atoms with Gasteiger partial charge >= 0.3 is 6.03 Å². The van der Waals surface area contributed by atoms with Gasteiger partial charge in [-0.3, -0.25) is 0 Å². The van der Waals surface area contributed by atoms with Crippen LogP contribution in [0.15, 0.2) is 41.0 Å². The SMILES string of the molecule is COc1cc(NC(=O)Nc2cc(Br)ccc2CO)ccn1. The highest BCUT2D eigenvalue weighted by atomic mass is 79.9. The zero-order valence-corrected chi connectivity index (χ0v) is 12.8. The number of carbonyl (C=O) groups excluding carboxylic acids is 1. The number of pyridine rings is 1.